The zero-order chi connectivity index (χ0) is 14.4. The molecule has 0 bridgehead atoms. The van der Waals surface area contributed by atoms with Crippen molar-refractivity contribution in [1.29, 1.82) is 0 Å². The maximum Gasteiger partial charge on any atom is 0.118 e. The standard InChI is InChI=1S/C16H17BrClNO/c1-20-15-5-2-12(3-6-15)8-9-19-11-13-10-14(18)4-7-16(13)17/h2-7,10,19H,8-9,11H2,1H3. The number of ether oxygens (including phenoxy) is 1. The third kappa shape index (κ3) is 4.51. The fraction of sp³-hybridized carbons (Fsp3) is 0.250. The Morgan fingerprint density at radius 1 is 1.15 bits per heavy atom. The van der Waals surface area contributed by atoms with Crippen LogP contribution in [0.2, 0.25) is 5.02 Å². The van der Waals surface area contributed by atoms with E-state index in [1.165, 1.54) is 11.1 Å². The van der Waals surface area contributed by atoms with E-state index in [1.807, 2.05) is 30.3 Å². The molecule has 0 aliphatic carbocycles. The first kappa shape index (κ1) is 15.4. The summed E-state index contributed by atoms with van der Waals surface area (Å²) in [6.07, 6.45) is 0.988. The summed E-state index contributed by atoms with van der Waals surface area (Å²) in [5.74, 6) is 0.893. The first-order valence-corrected chi connectivity index (χ1v) is 7.63. The van der Waals surface area contributed by atoms with Gasteiger partial charge in [0.05, 0.1) is 7.11 Å². The number of rotatable bonds is 6. The van der Waals surface area contributed by atoms with Crippen molar-refractivity contribution < 1.29 is 4.74 Å². The minimum Gasteiger partial charge on any atom is -0.497 e. The van der Waals surface area contributed by atoms with Gasteiger partial charge in [-0.1, -0.05) is 39.7 Å². The van der Waals surface area contributed by atoms with E-state index in [2.05, 4.69) is 33.4 Å². The van der Waals surface area contributed by atoms with Crippen molar-refractivity contribution in [2.24, 2.45) is 0 Å². The lowest BCUT2D eigenvalue weighted by molar-refractivity contribution is 0.414. The number of hydrogen-bond acceptors (Lipinski definition) is 2. The molecular weight excluding hydrogens is 338 g/mol. The summed E-state index contributed by atoms with van der Waals surface area (Å²) in [7, 11) is 1.68. The molecule has 20 heavy (non-hydrogen) atoms. The number of hydrogen-bond donors (Lipinski definition) is 1. The minimum absolute atomic E-state index is 0.764. The van der Waals surface area contributed by atoms with Crippen molar-refractivity contribution >= 4 is 27.5 Å². The lowest BCUT2D eigenvalue weighted by Gasteiger charge is -2.08. The molecule has 2 rings (SSSR count). The zero-order valence-corrected chi connectivity index (χ0v) is 13.7. The highest BCUT2D eigenvalue weighted by molar-refractivity contribution is 9.10. The van der Waals surface area contributed by atoms with E-state index in [1.54, 1.807) is 7.11 Å². The summed E-state index contributed by atoms with van der Waals surface area (Å²) in [5, 5.41) is 4.19. The minimum atomic E-state index is 0.764. The smallest absolute Gasteiger partial charge is 0.118 e. The third-order valence-electron chi connectivity index (χ3n) is 3.07. The van der Waals surface area contributed by atoms with Crippen LogP contribution < -0.4 is 10.1 Å². The Balaban J connectivity index is 1.79. The second kappa shape index (κ2) is 7.67. The molecule has 0 amide bonds. The maximum absolute atomic E-state index is 5.99. The van der Waals surface area contributed by atoms with Gasteiger partial charge in [0, 0.05) is 16.0 Å². The lowest BCUT2D eigenvalue weighted by Crippen LogP contribution is -2.16. The van der Waals surface area contributed by atoms with Gasteiger partial charge in [0.25, 0.3) is 0 Å². The Labute approximate surface area is 133 Å². The van der Waals surface area contributed by atoms with Gasteiger partial charge in [-0.15, -0.1) is 0 Å². The van der Waals surface area contributed by atoms with Gasteiger partial charge in [-0.2, -0.15) is 0 Å². The molecule has 2 nitrogen and oxygen atoms in total. The Hall–Kier alpha value is -1.03. The molecule has 0 aromatic heterocycles. The molecule has 1 N–H and O–H groups in total. The largest absolute Gasteiger partial charge is 0.497 e. The van der Waals surface area contributed by atoms with Gasteiger partial charge in [0.15, 0.2) is 0 Å². The van der Waals surface area contributed by atoms with Gasteiger partial charge < -0.3 is 10.1 Å². The normalized spacial score (nSPS) is 10.6. The summed E-state index contributed by atoms with van der Waals surface area (Å²) in [6, 6.07) is 14.0. The van der Waals surface area contributed by atoms with Crippen molar-refractivity contribution in [1.82, 2.24) is 5.32 Å². The summed E-state index contributed by atoms with van der Waals surface area (Å²) < 4.78 is 6.23. The van der Waals surface area contributed by atoms with Gasteiger partial charge in [0.1, 0.15) is 5.75 Å². The van der Waals surface area contributed by atoms with Crippen molar-refractivity contribution in [2.45, 2.75) is 13.0 Å². The van der Waals surface area contributed by atoms with E-state index in [0.717, 1.165) is 34.8 Å². The Bertz CT molecular complexity index is 557. The van der Waals surface area contributed by atoms with Crippen LogP contribution in [0.1, 0.15) is 11.1 Å². The molecule has 2 aromatic carbocycles. The number of nitrogens with one attached hydrogen (secondary N) is 1. The summed E-state index contributed by atoms with van der Waals surface area (Å²) in [4.78, 5) is 0. The quantitative estimate of drug-likeness (QED) is 0.774. The van der Waals surface area contributed by atoms with E-state index in [4.69, 9.17) is 16.3 Å². The predicted molar refractivity (Wildman–Crippen MR) is 87.6 cm³/mol. The molecular formula is C16H17BrClNO. The Morgan fingerprint density at radius 2 is 1.90 bits per heavy atom. The van der Waals surface area contributed by atoms with Crippen LogP contribution in [0.5, 0.6) is 5.75 Å². The van der Waals surface area contributed by atoms with Gasteiger partial charge in [-0.3, -0.25) is 0 Å². The predicted octanol–water partition coefficient (Wildman–Crippen LogP) is 4.44. The van der Waals surface area contributed by atoms with Crippen LogP contribution >= 0.6 is 27.5 Å². The monoisotopic (exact) mass is 353 g/mol. The first-order valence-electron chi connectivity index (χ1n) is 6.46. The summed E-state index contributed by atoms with van der Waals surface area (Å²) in [6.45, 7) is 1.72. The van der Waals surface area contributed by atoms with E-state index < -0.39 is 0 Å². The van der Waals surface area contributed by atoms with Crippen molar-refractivity contribution in [3.8, 4) is 5.75 Å². The molecule has 0 aliphatic heterocycles. The van der Waals surface area contributed by atoms with Crippen LogP contribution in [0.4, 0.5) is 0 Å². The Kier molecular flexibility index (Phi) is 5.89. The van der Waals surface area contributed by atoms with E-state index in [-0.39, 0.29) is 0 Å². The van der Waals surface area contributed by atoms with Gasteiger partial charge in [-0.25, -0.2) is 0 Å². The third-order valence-corrected chi connectivity index (χ3v) is 4.08. The summed E-state index contributed by atoms with van der Waals surface area (Å²) >= 11 is 9.52. The fourth-order valence-corrected chi connectivity index (χ4v) is 2.51. The Morgan fingerprint density at radius 3 is 2.60 bits per heavy atom. The van der Waals surface area contributed by atoms with Gasteiger partial charge in [-0.05, 0) is 54.4 Å². The molecule has 0 saturated carbocycles. The van der Waals surface area contributed by atoms with E-state index in [9.17, 15) is 0 Å². The molecule has 106 valence electrons. The van der Waals surface area contributed by atoms with Crippen molar-refractivity contribution in [3.63, 3.8) is 0 Å². The lowest BCUT2D eigenvalue weighted by atomic mass is 10.1. The van der Waals surface area contributed by atoms with Gasteiger partial charge >= 0.3 is 0 Å². The fourth-order valence-electron chi connectivity index (χ4n) is 1.93. The molecule has 0 radical (unpaired) electrons. The molecule has 0 atom stereocenters. The molecule has 0 fully saturated rings. The average molecular weight is 355 g/mol. The van der Waals surface area contributed by atoms with Crippen LogP contribution in [0.25, 0.3) is 0 Å². The van der Waals surface area contributed by atoms with E-state index in [0.29, 0.717) is 0 Å². The summed E-state index contributed by atoms with van der Waals surface area (Å²) in [5.41, 5.74) is 2.47. The SMILES string of the molecule is COc1ccc(CCNCc2cc(Cl)ccc2Br)cc1. The van der Waals surface area contributed by atoms with E-state index >= 15 is 0 Å². The molecule has 0 heterocycles. The molecule has 0 saturated heterocycles. The van der Waals surface area contributed by atoms with Gasteiger partial charge in [0.2, 0.25) is 0 Å². The molecule has 0 aliphatic rings. The maximum atomic E-state index is 5.99. The van der Waals surface area contributed by atoms with Crippen LogP contribution in [0, 0.1) is 0 Å². The first-order chi connectivity index (χ1) is 9.69. The van der Waals surface area contributed by atoms with Crippen LogP contribution in [0.15, 0.2) is 46.9 Å². The van der Waals surface area contributed by atoms with Crippen LogP contribution in [-0.2, 0) is 13.0 Å². The second-order valence-electron chi connectivity index (χ2n) is 4.51. The number of methoxy groups -OCH3 is 1. The highest BCUT2D eigenvalue weighted by Crippen LogP contribution is 2.20. The second-order valence-corrected chi connectivity index (χ2v) is 5.80. The molecule has 4 heteroatoms. The molecule has 0 spiro atoms. The average Bonchev–Trinajstić information content (AvgIpc) is 2.47. The number of benzene rings is 2. The van der Waals surface area contributed by atoms with Crippen LogP contribution in [-0.4, -0.2) is 13.7 Å². The van der Waals surface area contributed by atoms with Crippen molar-refractivity contribution in [2.75, 3.05) is 13.7 Å². The highest BCUT2D eigenvalue weighted by Gasteiger charge is 2.01. The highest BCUT2D eigenvalue weighted by atomic mass is 79.9. The van der Waals surface area contributed by atoms with Crippen LogP contribution in [0.3, 0.4) is 0 Å². The molecule has 2 aromatic rings. The van der Waals surface area contributed by atoms with Crippen molar-refractivity contribution in [3.05, 3.63) is 63.1 Å². The topological polar surface area (TPSA) is 21.3 Å². The molecule has 0 unspecified atom stereocenters. The zero-order valence-electron chi connectivity index (χ0n) is 11.3. The number of halogens is 2.